The Morgan fingerprint density at radius 3 is 2.41 bits per heavy atom. The van der Waals surface area contributed by atoms with Crippen LogP contribution in [-0.4, -0.2) is 17.0 Å². The third kappa shape index (κ3) is 4.13. The fraction of sp³-hybridized carbons (Fsp3) is 0.0625. The monoisotopic (exact) mass is 313 g/mol. The second-order valence-electron chi connectivity index (χ2n) is 4.65. The fourth-order valence-electron chi connectivity index (χ4n) is 1.85. The van der Waals surface area contributed by atoms with Crippen LogP contribution in [0.15, 0.2) is 48.5 Å². The van der Waals surface area contributed by atoms with E-state index in [4.69, 9.17) is 12.2 Å². The highest BCUT2D eigenvalue weighted by atomic mass is 32.1. The molecule has 0 radical (unpaired) electrons. The van der Waals surface area contributed by atoms with Crippen LogP contribution in [0.2, 0.25) is 0 Å². The molecule has 0 aliphatic rings. The molecule has 0 fully saturated rings. The van der Waals surface area contributed by atoms with E-state index in [1.165, 1.54) is 12.1 Å². The number of rotatable bonds is 3. The van der Waals surface area contributed by atoms with Crippen LogP contribution in [0.4, 0.5) is 5.69 Å². The minimum atomic E-state index is -1.28. The molecule has 0 saturated carbocycles. The highest BCUT2D eigenvalue weighted by Crippen LogP contribution is 2.10. The van der Waals surface area contributed by atoms with Gasteiger partial charge in [0.2, 0.25) is 0 Å². The van der Waals surface area contributed by atoms with E-state index in [0.29, 0.717) is 11.3 Å². The molecule has 0 aromatic heterocycles. The lowest BCUT2D eigenvalue weighted by atomic mass is 10.1. The Balaban J connectivity index is 2.02. The van der Waals surface area contributed by atoms with Crippen molar-refractivity contribution < 1.29 is 14.7 Å². The number of thiocarbonyl (C=S) groups is 1. The first-order valence-electron chi connectivity index (χ1n) is 6.46. The molecular formula is C16H13N2O3S-. The van der Waals surface area contributed by atoms with E-state index in [-0.39, 0.29) is 16.6 Å². The zero-order chi connectivity index (χ0) is 16.1. The zero-order valence-corrected chi connectivity index (χ0v) is 12.6. The van der Waals surface area contributed by atoms with E-state index in [9.17, 15) is 14.7 Å². The van der Waals surface area contributed by atoms with Gasteiger partial charge in [0.15, 0.2) is 5.11 Å². The van der Waals surface area contributed by atoms with Gasteiger partial charge in [-0.05, 0) is 49.0 Å². The molecule has 0 spiro atoms. The maximum atomic E-state index is 12.0. The lowest BCUT2D eigenvalue weighted by Gasteiger charge is -2.11. The van der Waals surface area contributed by atoms with Gasteiger partial charge in [-0.3, -0.25) is 10.1 Å². The molecule has 0 atom stereocenters. The molecule has 0 unspecified atom stereocenters. The van der Waals surface area contributed by atoms with Crippen molar-refractivity contribution in [2.45, 2.75) is 6.92 Å². The predicted molar refractivity (Wildman–Crippen MR) is 85.6 cm³/mol. The number of nitrogens with one attached hydrogen (secondary N) is 2. The van der Waals surface area contributed by atoms with Crippen LogP contribution in [-0.2, 0) is 0 Å². The van der Waals surface area contributed by atoms with Crippen LogP contribution in [0, 0.1) is 6.92 Å². The number of carboxylic acids is 1. The van der Waals surface area contributed by atoms with Crippen LogP contribution in [0.1, 0.15) is 26.3 Å². The van der Waals surface area contributed by atoms with Crippen LogP contribution in [0.25, 0.3) is 0 Å². The minimum Gasteiger partial charge on any atom is -0.545 e. The first-order valence-corrected chi connectivity index (χ1v) is 6.87. The fourth-order valence-corrected chi connectivity index (χ4v) is 2.06. The summed E-state index contributed by atoms with van der Waals surface area (Å²) < 4.78 is 0. The number of hydrogen-bond acceptors (Lipinski definition) is 4. The van der Waals surface area contributed by atoms with E-state index >= 15 is 0 Å². The smallest absolute Gasteiger partial charge is 0.257 e. The Labute approximate surface area is 133 Å². The standard InChI is InChI=1S/C16H14N2O3S/c1-10-4-2-5-11(8-10)14(19)18-16(22)17-13-7-3-6-12(9-13)15(20)21/h2-9H,1H3,(H,20,21)(H2,17,18,19,22)/p-1. The van der Waals surface area contributed by atoms with E-state index in [0.717, 1.165) is 5.56 Å². The summed E-state index contributed by atoms with van der Waals surface area (Å²) in [5.41, 5.74) is 1.94. The molecule has 0 saturated heterocycles. The van der Waals surface area contributed by atoms with E-state index < -0.39 is 5.97 Å². The quantitative estimate of drug-likeness (QED) is 0.839. The van der Waals surface area contributed by atoms with E-state index in [1.807, 2.05) is 13.0 Å². The van der Waals surface area contributed by atoms with Crippen molar-refractivity contribution in [2.75, 3.05) is 5.32 Å². The molecule has 0 aliphatic heterocycles. The highest BCUT2D eigenvalue weighted by Gasteiger charge is 2.08. The highest BCUT2D eigenvalue weighted by molar-refractivity contribution is 7.80. The minimum absolute atomic E-state index is 0.0258. The Morgan fingerprint density at radius 2 is 1.73 bits per heavy atom. The number of amides is 1. The average Bonchev–Trinajstić information content (AvgIpc) is 2.47. The average molecular weight is 313 g/mol. The largest absolute Gasteiger partial charge is 0.545 e. The first-order chi connectivity index (χ1) is 10.5. The molecular weight excluding hydrogens is 300 g/mol. The molecule has 22 heavy (non-hydrogen) atoms. The van der Waals surface area contributed by atoms with Crippen LogP contribution in [0.5, 0.6) is 0 Å². The molecule has 2 N–H and O–H groups in total. The zero-order valence-electron chi connectivity index (χ0n) is 11.8. The van der Waals surface area contributed by atoms with Crippen molar-refractivity contribution in [1.29, 1.82) is 0 Å². The summed E-state index contributed by atoms with van der Waals surface area (Å²) >= 11 is 5.05. The normalized spacial score (nSPS) is 9.86. The number of aromatic carboxylic acids is 1. The maximum Gasteiger partial charge on any atom is 0.257 e. The summed E-state index contributed by atoms with van der Waals surface area (Å²) in [6, 6.07) is 13.1. The van der Waals surface area contributed by atoms with Gasteiger partial charge in [-0.1, -0.05) is 29.8 Å². The number of carbonyl (C=O) groups excluding carboxylic acids is 2. The molecule has 2 aromatic carbocycles. The number of hydrogen-bond donors (Lipinski definition) is 2. The summed E-state index contributed by atoms with van der Waals surface area (Å²) in [7, 11) is 0. The van der Waals surface area contributed by atoms with Gasteiger partial charge in [0.25, 0.3) is 5.91 Å². The number of carbonyl (C=O) groups is 2. The van der Waals surface area contributed by atoms with Crippen molar-refractivity contribution in [2.24, 2.45) is 0 Å². The lowest BCUT2D eigenvalue weighted by molar-refractivity contribution is -0.255. The number of benzene rings is 2. The Hall–Kier alpha value is -2.73. The molecule has 112 valence electrons. The summed E-state index contributed by atoms with van der Waals surface area (Å²) in [5, 5.41) is 16.2. The molecule has 1 amide bonds. The topological polar surface area (TPSA) is 81.3 Å². The van der Waals surface area contributed by atoms with Gasteiger partial charge in [0.1, 0.15) is 0 Å². The molecule has 0 bridgehead atoms. The van der Waals surface area contributed by atoms with Gasteiger partial charge >= 0.3 is 0 Å². The third-order valence-corrected chi connectivity index (χ3v) is 3.07. The number of aryl methyl sites for hydroxylation is 1. The SMILES string of the molecule is Cc1cccc(C(=O)NC(=S)Nc2cccc(C(=O)[O-])c2)c1. The number of carboxylic acid groups (broad SMARTS) is 1. The second-order valence-corrected chi connectivity index (χ2v) is 5.05. The van der Waals surface area contributed by atoms with Crippen LogP contribution >= 0.6 is 12.2 Å². The van der Waals surface area contributed by atoms with E-state index in [1.54, 1.807) is 30.3 Å². The Bertz CT molecular complexity index is 744. The Morgan fingerprint density at radius 1 is 1.05 bits per heavy atom. The molecule has 5 nitrogen and oxygen atoms in total. The first kappa shape index (κ1) is 15.7. The molecule has 2 aromatic rings. The van der Waals surface area contributed by atoms with Gasteiger partial charge < -0.3 is 15.2 Å². The van der Waals surface area contributed by atoms with Crippen molar-refractivity contribution >= 4 is 34.9 Å². The van der Waals surface area contributed by atoms with Gasteiger partial charge in [0, 0.05) is 11.3 Å². The summed E-state index contributed by atoms with van der Waals surface area (Å²) in [4.78, 5) is 22.8. The van der Waals surface area contributed by atoms with Gasteiger partial charge in [-0.15, -0.1) is 0 Å². The predicted octanol–water partition coefficient (Wildman–Crippen LogP) is 1.49. The number of anilines is 1. The molecule has 6 heteroatoms. The maximum absolute atomic E-state index is 12.0. The Kier molecular flexibility index (Phi) is 4.85. The summed E-state index contributed by atoms with van der Waals surface area (Å²) in [6.07, 6.45) is 0. The summed E-state index contributed by atoms with van der Waals surface area (Å²) in [5.74, 6) is -1.62. The van der Waals surface area contributed by atoms with Crippen molar-refractivity contribution in [1.82, 2.24) is 5.32 Å². The van der Waals surface area contributed by atoms with Crippen LogP contribution < -0.4 is 15.7 Å². The lowest BCUT2D eigenvalue weighted by Crippen LogP contribution is -2.34. The summed E-state index contributed by atoms with van der Waals surface area (Å²) in [6.45, 7) is 1.89. The van der Waals surface area contributed by atoms with Crippen molar-refractivity contribution in [3.05, 3.63) is 65.2 Å². The van der Waals surface area contributed by atoms with Crippen LogP contribution in [0.3, 0.4) is 0 Å². The van der Waals surface area contributed by atoms with Gasteiger partial charge in [-0.2, -0.15) is 0 Å². The van der Waals surface area contributed by atoms with Gasteiger partial charge in [-0.25, -0.2) is 0 Å². The molecule has 2 rings (SSSR count). The van der Waals surface area contributed by atoms with Crippen molar-refractivity contribution in [3.63, 3.8) is 0 Å². The molecule has 0 heterocycles. The van der Waals surface area contributed by atoms with Gasteiger partial charge in [0.05, 0.1) is 5.97 Å². The second kappa shape index (κ2) is 6.82. The molecule has 0 aliphatic carbocycles. The van der Waals surface area contributed by atoms with Crippen molar-refractivity contribution in [3.8, 4) is 0 Å². The third-order valence-electron chi connectivity index (χ3n) is 2.86. The van der Waals surface area contributed by atoms with E-state index in [2.05, 4.69) is 10.6 Å².